The number of nitrogens with zero attached hydrogens (tertiary/aromatic N) is 2. The summed E-state index contributed by atoms with van der Waals surface area (Å²) in [6, 6.07) is 0. The molecule has 1 fully saturated rings. The van der Waals surface area contributed by atoms with Gasteiger partial charge >= 0.3 is 0 Å². The number of rotatable bonds is 7. The summed E-state index contributed by atoms with van der Waals surface area (Å²) < 4.78 is 10.3. The van der Waals surface area contributed by atoms with Gasteiger partial charge in [0.1, 0.15) is 5.76 Å². The fourth-order valence-corrected chi connectivity index (χ4v) is 3.40. The molecule has 1 amide bonds. The van der Waals surface area contributed by atoms with Gasteiger partial charge in [0.15, 0.2) is 0 Å². The fraction of sp³-hybridized carbons (Fsp3) is 0.765. The second-order valence-corrected chi connectivity index (χ2v) is 6.62. The van der Waals surface area contributed by atoms with Crippen LogP contribution in [0.5, 0.6) is 0 Å². The lowest BCUT2D eigenvalue weighted by Crippen LogP contribution is -2.48. The van der Waals surface area contributed by atoms with Crippen molar-refractivity contribution in [1.82, 2.24) is 10.1 Å². The Hall–Kier alpha value is -1.40. The van der Waals surface area contributed by atoms with Crippen molar-refractivity contribution in [3.05, 3.63) is 17.0 Å². The highest BCUT2D eigenvalue weighted by atomic mass is 16.5. The summed E-state index contributed by atoms with van der Waals surface area (Å²) in [7, 11) is 1.67. The first-order chi connectivity index (χ1) is 11.0. The molecule has 6 heteroatoms. The molecule has 6 nitrogen and oxygen atoms in total. The lowest BCUT2D eigenvalue weighted by Gasteiger charge is -2.42. The number of carbonyl (C=O) groups is 1. The molecule has 2 heterocycles. The molecule has 0 bridgehead atoms. The molecule has 1 aliphatic heterocycles. The van der Waals surface area contributed by atoms with Gasteiger partial charge in [-0.25, -0.2) is 0 Å². The first-order valence-electron chi connectivity index (χ1n) is 8.30. The van der Waals surface area contributed by atoms with E-state index in [4.69, 9.17) is 9.26 Å². The van der Waals surface area contributed by atoms with Gasteiger partial charge in [0.2, 0.25) is 5.91 Å². The van der Waals surface area contributed by atoms with Crippen LogP contribution in [-0.2, 0) is 16.0 Å². The van der Waals surface area contributed by atoms with E-state index >= 15 is 0 Å². The molecule has 0 aliphatic carbocycles. The molecule has 0 spiro atoms. The summed E-state index contributed by atoms with van der Waals surface area (Å²) in [6.45, 7) is 5.88. The lowest BCUT2D eigenvalue weighted by molar-refractivity contribution is -0.136. The Kier molecular flexibility index (Phi) is 6.18. The van der Waals surface area contributed by atoms with Crippen LogP contribution in [0.2, 0.25) is 0 Å². The van der Waals surface area contributed by atoms with Crippen molar-refractivity contribution in [2.75, 3.05) is 33.4 Å². The van der Waals surface area contributed by atoms with Crippen LogP contribution >= 0.6 is 0 Å². The van der Waals surface area contributed by atoms with Gasteiger partial charge in [-0.15, -0.1) is 0 Å². The molecular formula is C17H28N2O4. The largest absolute Gasteiger partial charge is 0.396 e. The molecule has 2 rings (SSSR count). The maximum Gasteiger partial charge on any atom is 0.222 e. The molecule has 23 heavy (non-hydrogen) atoms. The zero-order chi connectivity index (χ0) is 16.9. The van der Waals surface area contributed by atoms with Crippen LogP contribution in [0.3, 0.4) is 0 Å². The van der Waals surface area contributed by atoms with Crippen LogP contribution in [0.1, 0.15) is 42.7 Å². The minimum absolute atomic E-state index is 0.101. The SMILES string of the molecule is COCC[C@@]1(CO)CCCN(C(=O)CCc2c(C)noc2C)C1. The molecule has 1 aromatic rings. The minimum Gasteiger partial charge on any atom is -0.396 e. The highest BCUT2D eigenvalue weighted by Gasteiger charge is 2.36. The van der Waals surface area contributed by atoms with E-state index in [0.717, 1.165) is 42.8 Å². The lowest BCUT2D eigenvalue weighted by atomic mass is 9.78. The van der Waals surface area contributed by atoms with Gasteiger partial charge in [0, 0.05) is 44.2 Å². The predicted octanol–water partition coefficient (Wildman–Crippen LogP) is 1.86. The summed E-state index contributed by atoms with van der Waals surface area (Å²) in [5.74, 6) is 0.929. The molecule has 1 atom stereocenters. The Bertz CT molecular complexity index is 509. The van der Waals surface area contributed by atoms with E-state index < -0.39 is 0 Å². The maximum atomic E-state index is 12.6. The average Bonchev–Trinajstić information content (AvgIpc) is 2.89. The number of piperidine rings is 1. The third-order valence-corrected chi connectivity index (χ3v) is 4.96. The molecule has 130 valence electrons. The van der Waals surface area contributed by atoms with Gasteiger partial charge in [-0.3, -0.25) is 4.79 Å². The zero-order valence-electron chi connectivity index (χ0n) is 14.4. The maximum absolute atomic E-state index is 12.6. The number of likely N-dealkylation sites (tertiary alicyclic amines) is 1. The third-order valence-electron chi connectivity index (χ3n) is 4.96. The highest BCUT2D eigenvalue weighted by molar-refractivity contribution is 5.76. The van der Waals surface area contributed by atoms with Crippen LogP contribution < -0.4 is 0 Å². The number of aromatic nitrogens is 1. The van der Waals surface area contributed by atoms with Crippen molar-refractivity contribution in [3.8, 4) is 0 Å². The van der Waals surface area contributed by atoms with E-state index in [2.05, 4.69) is 5.16 Å². The summed E-state index contributed by atoms with van der Waals surface area (Å²) in [5, 5.41) is 13.7. The molecule has 0 unspecified atom stereocenters. The molecule has 0 aromatic carbocycles. The molecule has 1 saturated heterocycles. The Balaban J connectivity index is 1.93. The van der Waals surface area contributed by atoms with Crippen molar-refractivity contribution in [2.24, 2.45) is 5.41 Å². The number of aliphatic hydroxyl groups excluding tert-OH is 1. The van der Waals surface area contributed by atoms with E-state index in [0.29, 0.717) is 26.0 Å². The van der Waals surface area contributed by atoms with Crippen molar-refractivity contribution < 1.29 is 19.2 Å². The van der Waals surface area contributed by atoms with Gasteiger partial charge in [-0.05, 0) is 39.5 Å². The molecule has 1 aliphatic rings. The van der Waals surface area contributed by atoms with Gasteiger partial charge < -0.3 is 19.3 Å². The molecule has 0 saturated carbocycles. The summed E-state index contributed by atoms with van der Waals surface area (Å²) in [4.78, 5) is 14.5. The molecular weight excluding hydrogens is 296 g/mol. The van der Waals surface area contributed by atoms with E-state index in [-0.39, 0.29) is 17.9 Å². The van der Waals surface area contributed by atoms with E-state index in [1.54, 1.807) is 7.11 Å². The molecule has 1 aromatic heterocycles. The number of carbonyl (C=O) groups excluding carboxylic acids is 1. The number of ether oxygens (including phenoxy) is 1. The summed E-state index contributed by atoms with van der Waals surface area (Å²) >= 11 is 0. The van der Waals surface area contributed by atoms with E-state index in [9.17, 15) is 9.90 Å². The molecule has 1 N–H and O–H groups in total. The van der Waals surface area contributed by atoms with Gasteiger partial charge in [-0.2, -0.15) is 0 Å². The Morgan fingerprint density at radius 2 is 2.26 bits per heavy atom. The second-order valence-electron chi connectivity index (χ2n) is 6.62. The van der Waals surface area contributed by atoms with Crippen molar-refractivity contribution in [1.29, 1.82) is 0 Å². The standard InChI is InChI=1S/C17H28N2O4/c1-13-15(14(2)23-18-13)5-6-16(21)19-9-4-7-17(11-19,12-20)8-10-22-3/h20H,4-12H2,1-3H3/t17-/m0/s1. The van der Waals surface area contributed by atoms with Gasteiger partial charge in [-0.1, -0.05) is 5.16 Å². The monoisotopic (exact) mass is 324 g/mol. The van der Waals surface area contributed by atoms with Crippen LogP contribution in [0.25, 0.3) is 0 Å². The Morgan fingerprint density at radius 1 is 1.48 bits per heavy atom. The van der Waals surface area contributed by atoms with Crippen LogP contribution in [0, 0.1) is 19.3 Å². The van der Waals surface area contributed by atoms with Crippen molar-refractivity contribution in [2.45, 2.75) is 46.0 Å². The van der Waals surface area contributed by atoms with Gasteiger partial charge in [0.25, 0.3) is 0 Å². The average molecular weight is 324 g/mol. The predicted molar refractivity (Wildman–Crippen MR) is 86.1 cm³/mol. The second kappa shape index (κ2) is 7.93. The minimum atomic E-state index is -0.215. The van der Waals surface area contributed by atoms with Crippen LogP contribution in [-0.4, -0.2) is 54.5 Å². The quantitative estimate of drug-likeness (QED) is 0.828. The van der Waals surface area contributed by atoms with Gasteiger partial charge in [0.05, 0.1) is 12.3 Å². The number of hydrogen-bond acceptors (Lipinski definition) is 5. The fourth-order valence-electron chi connectivity index (χ4n) is 3.40. The third kappa shape index (κ3) is 4.32. The molecule has 0 radical (unpaired) electrons. The van der Waals surface area contributed by atoms with Crippen LogP contribution in [0.4, 0.5) is 0 Å². The topological polar surface area (TPSA) is 75.8 Å². The van der Waals surface area contributed by atoms with E-state index in [1.165, 1.54) is 0 Å². The normalized spacial score (nSPS) is 21.7. The first-order valence-corrected chi connectivity index (χ1v) is 8.30. The zero-order valence-corrected chi connectivity index (χ0v) is 14.4. The number of aliphatic hydroxyl groups is 1. The number of amides is 1. The smallest absolute Gasteiger partial charge is 0.222 e. The number of aryl methyl sites for hydroxylation is 2. The number of methoxy groups -OCH3 is 1. The van der Waals surface area contributed by atoms with Crippen LogP contribution in [0.15, 0.2) is 4.52 Å². The Morgan fingerprint density at radius 3 is 2.87 bits per heavy atom. The Labute approximate surface area is 137 Å². The number of hydrogen-bond donors (Lipinski definition) is 1. The van der Waals surface area contributed by atoms with Crippen molar-refractivity contribution in [3.63, 3.8) is 0 Å². The van der Waals surface area contributed by atoms with Crippen molar-refractivity contribution >= 4 is 5.91 Å². The summed E-state index contributed by atoms with van der Waals surface area (Å²) in [5.41, 5.74) is 1.68. The highest BCUT2D eigenvalue weighted by Crippen LogP contribution is 2.33. The first kappa shape index (κ1) is 17.9. The van der Waals surface area contributed by atoms with E-state index in [1.807, 2.05) is 18.7 Å². The summed E-state index contributed by atoms with van der Waals surface area (Å²) in [6.07, 6.45) is 3.77.